The highest BCUT2D eigenvalue weighted by Gasteiger charge is 2.23. The van der Waals surface area contributed by atoms with Crippen LogP contribution in [0.15, 0.2) is 0 Å². The molecule has 1 rings (SSSR count). The van der Waals surface area contributed by atoms with Crippen LogP contribution in [0.5, 0.6) is 0 Å². The number of hydrogen-bond acceptors (Lipinski definition) is 3. The second kappa shape index (κ2) is 5.69. The molecule has 0 aliphatic carbocycles. The molecule has 1 aliphatic rings. The molecule has 3 heteroatoms. The summed E-state index contributed by atoms with van der Waals surface area (Å²) >= 11 is 0. The van der Waals surface area contributed by atoms with Crippen molar-refractivity contribution in [3.05, 3.63) is 0 Å². The van der Waals surface area contributed by atoms with Gasteiger partial charge in [0.2, 0.25) is 0 Å². The molecular formula is C11H24N2O. The first-order valence-corrected chi connectivity index (χ1v) is 5.74. The largest absolute Gasteiger partial charge is 0.396 e. The lowest BCUT2D eigenvalue weighted by Crippen LogP contribution is -2.46. The molecule has 0 saturated carbocycles. The van der Waals surface area contributed by atoms with Crippen molar-refractivity contribution in [2.75, 3.05) is 19.7 Å². The summed E-state index contributed by atoms with van der Waals surface area (Å²) in [6.07, 6.45) is 3.29. The van der Waals surface area contributed by atoms with Crippen LogP contribution in [0.25, 0.3) is 0 Å². The van der Waals surface area contributed by atoms with Crippen LogP contribution in [0, 0.1) is 5.92 Å². The third kappa shape index (κ3) is 3.56. The summed E-state index contributed by atoms with van der Waals surface area (Å²) in [5.74, 6) is 0.857. The number of likely N-dealkylation sites (tertiary alicyclic amines) is 1. The number of nitrogens with zero attached hydrogens (tertiary/aromatic N) is 1. The van der Waals surface area contributed by atoms with E-state index in [0.717, 1.165) is 18.9 Å². The molecule has 0 radical (unpaired) electrons. The molecule has 1 aliphatic heterocycles. The van der Waals surface area contributed by atoms with Crippen LogP contribution in [0.4, 0.5) is 0 Å². The fourth-order valence-electron chi connectivity index (χ4n) is 2.29. The van der Waals surface area contributed by atoms with Crippen LogP contribution < -0.4 is 5.73 Å². The van der Waals surface area contributed by atoms with E-state index in [2.05, 4.69) is 18.7 Å². The van der Waals surface area contributed by atoms with Crippen molar-refractivity contribution >= 4 is 0 Å². The molecule has 1 heterocycles. The van der Waals surface area contributed by atoms with Gasteiger partial charge < -0.3 is 10.8 Å². The Morgan fingerprint density at radius 3 is 2.79 bits per heavy atom. The Hall–Kier alpha value is -0.120. The van der Waals surface area contributed by atoms with Crippen molar-refractivity contribution in [3.8, 4) is 0 Å². The summed E-state index contributed by atoms with van der Waals surface area (Å²) in [6, 6.07) is 0.791. The highest BCUT2D eigenvalue weighted by molar-refractivity contribution is 4.79. The molecule has 3 unspecified atom stereocenters. The van der Waals surface area contributed by atoms with E-state index < -0.39 is 0 Å². The van der Waals surface area contributed by atoms with Crippen LogP contribution in [0.3, 0.4) is 0 Å². The molecule has 14 heavy (non-hydrogen) atoms. The molecule has 0 aromatic carbocycles. The minimum absolute atomic E-state index is 0.135. The van der Waals surface area contributed by atoms with Crippen molar-refractivity contribution in [3.63, 3.8) is 0 Å². The van der Waals surface area contributed by atoms with E-state index in [1.807, 2.05) is 0 Å². The van der Waals surface area contributed by atoms with Crippen LogP contribution in [0.2, 0.25) is 0 Å². The molecule has 3 nitrogen and oxygen atoms in total. The number of hydrogen-bond donors (Lipinski definition) is 2. The fraction of sp³-hybridized carbons (Fsp3) is 1.00. The molecular weight excluding hydrogens is 176 g/mol. The Bertz CT molecular complexity index is 163. The number of piperidine rings is 1. The van der Waals surface area contributed by atoms with E-state index in [1.165, 1.54) is 19.4 Å². The Balaban J connectivity index is 2.29. The topological polar surface area (TPSA) is 49.5 Å². The second-order valence-corrected chi connectivity index (χ2v) is 4.75. The van der Waals surface area contributed by atoms with Crippen molar-refractivity contribution in [2.24, 2.45) is 11.7 Å². The molecule has 84 valence electrons. The highest BCUT2D eigenvalue weighted by atomic mass is 16.3. The van der Waals surface area contributed by atoms with Gasteiger partial charge in [-0.3, -0.25) is 4.90 Å². The number of aliphatic hydroxyl groups is 1. The average molecular weight is 200 g/mol. The van der Waals surface area contributed by atoms with Crippen LogP contribution in [-0.4, -0.2) is 41.8 Å². The van der Waals surface area contributed by atoms with E-state index in [9.17, 15) is 0 Å². The number of aliphatic hydroxyl groups excluding tert-OH is 1. The van der Waals surface area contributed by atoms with E-state index in [-0.39, 0.29) is 12.6 Å². The number of rotatable bonds is 4. The molecule has 0 aromatic heterocycles. The Labute approximate surface area is 87.3 Å². The summed E-state index contributed by atoms with van der Waals surface area (Å²) in [5.41, 5.74) is 5.91. The summed E-state index contributed by atoms with van der Waals surface area (Å²) in [6.45, 7) is 6.92. The monoisotopic (exact) mass is 200 g/mol. The molecule has 0 aromatic rings. The first-order chi connectivity index (χ1) is 6.63. The van der Waals surface area contributed by atoms with Gasteiger partial charge in [0, 0.05) is 25.2 Å². The lowest BCUT2D eigenvalue weighted by atomic mass is 9.93. The first-order valence-electron chi connectivity index (χ1n) is 5.74. The molecule has 0 bridgehead atoms. The predicted molar refractivity (Wildman–Crippen MR) is 59.1 cm³/mol. The van der Waals surface area contributed by atoms with Gasteiger partial charge in [-0.1, -0.05) is 6.92 Å². The quantitative estimate of drug-likeness (QED) is 0.706. The van der Waals surface area contributed by atoms with E-state index >= 15 is 0 Å². The minimum Gasteiger partial charge on any atom is -0.396 e. The molecule has 3 N–H and O–H groups in total. The normalized spacial score (nSPS) is 31.7. The zero-order valence-electron chi connectivity index (χ0n) is 9.45. The molecule has 1 saturated heterocycles. The molecule has 3 atom stereocenters. The Morgan fingerprint density at radius 1 is 1.50 bits per heavy atom. The van der Waals surface area contributed by atoms with Gasteiger partial charge in [-0.25, -0.2) is 0 Å². The second-order valence-electron chi connectivity index (χ2n) is 4.75. The van der Waals surface area contributed by atoms with Crippen LogP contribution >= 0.6 is 0 Å². The predicted octanol–water partition coefficient (Wildman–Crippen LogP) is 0.817. The van der Waals surface area contributed by atoms with E-state index in [1.54, 1.807) is 0 Å². The van der Waals surface area contributed by atoms with Gasteiger partial charge in [-0.05, 0) is 38.6 Å². The van der Waals surface area contributed by atoms with Gasteiger partial charge in [0.1, 0.15) is 0 Å². The van der Waals surface area contributed by atoms with E-state index in [0.29, 0.717) is 6.04 Å². The van der Waals surface area contributed by atoms with Gasteiger partial charge in [0.05, 0.1) is 0 Å². The molecule has 0 spiro atoms. The average Bonchev–Trinajstić information content (AvgIpc) is 2.10. The zero-order chi connectivity index (χ0) is 10.6. The zero-order valence-corrected chi connectivity index (χ0v) is 9.45. The van der Waals surface area contributed by atoms with Crippen molar-refractivity contribution < 1.29 is 5.11 Å². The van der Waals surface area contributed by atoms with Crippen molar-refractivity contribution in [2.45, 2.75) is 45.2 Å². The third-order valence-electron chi connectivity index (χ3n) is 3.24. The SMILES string of the molecule is CC1CCN(CC(N)CCO)C(C)C1. The maximum Gasteiger partial charge on any atom is 0.0446 e. The maximum atomic E-state index is 8.78. The van der Waals surface area contributed by atoms with Gasteiger partial charge in [-0.2, -0.15) is 0 Å². The van der Waals surface area contributed by atoms with Crippen molar-refractivity contribution in [1.29, 1.82) is 0 Å². The Kier molecular flexibility index (Phi) is 4.85. The van der Waals surface area contributed by atoms with Gasteiger partial charge in [0.25, 0.3) is 0 Å². The molecule has 1 fully saturated rings. The third-order valence-corrected chi connectivity index (χ3v) is 3.24. The lowest BCUT2D eigenvalue weighted by Gasteiger charge is -2.37. The fourth-order valence-corrected chi connectivity index (χ4v) is 2.29. The summed E-state index contributed by atoms with van der Waals surface area (Å²) in [7, 11) is 0. The van der Waals surface area contributed by atoms with Gasteiger partial charge >= 0.3 is 0 Å². The summed E-state index contributed by atoms with van der Waals surface area (Å²) < 4.78 is 0. The standard InChI is InChI=1S/C11H24N2O/c1-9-3-5-13(10(2)7-9)8-11(12)4-6-14/h9-11,14H,3-8,12H2,1-2H3. The Morgan fingerprint density at radius 2 is 2.21 bits per heavy atom. The lowest BCUT2D eigenvalue weighted by molar-refractivity contribution is 0.117. The summed E-state index contributed by atoms with van der Waals surface area (Å²) in [4.78, 5) is 2.46. The minimum atomic E-state index is 0.135. The number of nitrogens with two attached hydrogens (primary N) is 1. The van der Waals surface area contributed by atoms with Crippen LogP contribution in [-0.2, 0) is 0 Å². The van der Waals surface area contributed by atoms with Crippen molar-refractivity contribution in [1.82, 2.24) is 4.90 Å². The van der Waals surface area contributed by atoms with E-state index in [4.69, 9.17) is 10.8 Å². The van der Waals surface area contributed by atoms with Gasteiger partial charge in [0.15, 0.2) is 0 Å². The summed E-state index contributed by atoms with van der Waals surface area (Å²) in [5, 5.41) is 8.78. The maximum absolute atomic E-state index is 8.78. The smallest absolute Gasteiger partial charge is 0.0446 e. The van der Waals surface area contributed by atoms with Gasteiger partial charge in [-0.15, -0.1) is 0 Å². The van der Waals surface area contributed by atoms with Crippen LogP contribution in [0.1, 0.15) is 33.1 Å². The highest BCUT2D eigenvalue weighted by Crippen LogP contribution is 2.21. The first kappa shape index (κ1) is 12.0. The molecule has 0 amide bonds.